The second-order valence-corrected chi connectivity index (χ2v) is 4.86. The van der Waals surface area contributed by atoms with Crippen molar-refractivity contribution in [3.05, 3.63) is 29.6 Å². The number of nitrogens with zero attached hydrogens (tertiary/aromatic N) is 2. The van der Waals surface area contributed by atoms with Gasteiger partial charge in [0.1, 0.15) is 0 Å². The van der Waals surface area contributed by atoms with Crippen molar-refractivity contribution in [1.82, 2.24) is 15.2 Å². The van der Waals surface area contributed by atoms with Crippen molar-refractivity contribution in [3.63, 3.8) is 0 Å². The van der Waals surface area contributed by atoms with Crippen molar-refractivity contribution >= 4 is 11.8 Å². The molecule has 0 aromatic carbocycles. The number of rotatable bonds is 4. The topological polar surface area (TPSA) is 62.3 Å². The van der Waals surface area contributed by atoms with E-state index in [9.17, 15) is 9.59 Å². The number of nitrogens with one attached hydrogen (secondary N) is 1. The van der Waals surface area contributed by atoms with Crippen LogP contribution in [0.15, 0.2) is 18.3 Å². The number of likely N-dealkylation sites (tertiary alicyclic amines) is 1. The molecule has 0 aliphatic carbocycles. The van der Waals surface area contributed by atoms with Crippen LogP contribution in [-0.2, 0) is 16.1 Å². The van der Waals surface area contributed by atoms with E-state index >= 15 is 0 Å². The van der Waals surface area contributed by atoms with E-state index in [-0.39, 0.29) is 17.7 Å². The van der Waals surface area contributed by atoms with Crippen LogP contribution in [0.2, 0.25) is 0 Å². The summed E-state index contributed by atoms with van der Waals surface area (Å²) in [5.41, 5.74) is 1.92. The number of amides is 2. The number of carbonyl (C=O) groups is 2. The largest absolute Gasteiger partial charge is 0.352 e. The van der Waals surface area contributed by atoms with Crippen molar-refractivity contribution in [1.29, 1.82) is 0 Å². The summed E-state index contributed by atoms with van der Waals surface area (Å²) in [6, 6.07) is 3.86. The van der Waals surface area contributed by atoms with Crippen molar-refractivity contribution < 1.29 is 9.59 Å². The van der Waals surface area contributed by atoms with Gasteiger partial charge in [0.15, 0.2) is 0 Å². The fourth-order valence-corrected chi connectivity index (χ4v) is 2.19. The Morgan fingerprint density at radius 1 is 1.53 bits per heavy atom. The molecule has 102 valence electrons. The van der Waals surface area contributed by atoms with Gasteiger partial charge < -0.3 is 10.2 Å². The lowest BCUT2D eigenvalue weighted by molar-refractivity contribution is -0.128. The minimum Gasteiger partial charge on any atom is -0.352 e. The van der Waals surface area contributed by atoms with Crippen LogP contribution in [0.1, 0.15) is 24.6 Å². The van der Waals surface area contributed by atoms with Crippen LogP contribution in [-0.4, -0.2) is 34.8 Å². The van der Waals surface area contributed by atoms with Gasteiger partial charge in [-0.3, -0.25) is 14.6 Å². The van der Waals surface area contributed by atoms with Crippen LogP contribution in [0.5, 0.6) is 0 Å². The van der Waals surface area contributed by atoms with E-state index in [0.29, 0.717) is 26.1 Å². The van der Waals surface area contributed by atoms with Gasteiger partial charge in [0, 0.05) is 37.9 Å². The molecule has 0 bridgehead atoms. The molecule has 1 aromatic heterocycles. The second-order valence-electron chi connectivity index (χ2n) is 4.86. The molecule has 19 heavy (non-hydrogen) atoms. The van der Waals surface area contributed by atoms with Crippen LogP contribution in [0.4, 0.5) is 0 Å². The molecule has 2 amide bonds. The molecule has 5 heteroatoms. The molecule has 5 nitrogen and oxygen atoms in total. The van der Waals surface area contributed by atoms with Crippen LogP contribution < -0.4 is 5.32 Å². The standard InChI is InChI=1S/C14H19N3O2/c1-3-17-9-12(6-13(17)18)14(19)16-8-11-5-4-10(2)15-7-11/h4-5,7,12H,3,6,8-9H2,1-2H3,(H,16,19)/t12-/m0/s1. The van der Waals surface area contributed by atoms with Gasteiger partial charge in [-0.15, -0.1) is 0 Å². The summed E-state index contributed by atoms with van der Waals surface area (Å²) in [4.78, 5) is 29.4. The number of aryl methyl sites for hydroxylation is 1. The molecule has 0 spiro atoms. The van der Waals surface area contributed by atoms with E-state index in [4.69, 9.17) is 0 Å². The third-order valence-corrected chi connectivity index (χ3v) is 3.41. The minimum atomic E-state index is -0.217. The van der Waals surface area contributed by atoms with Crippen LogP contribution in [0.25, 0.3) is 0 Å². The predicted molar refractivity (Wildman–Crippen MR) is 71.2 cm³/mol. The van der Waals surface area contributed by atoms with Crippen LogP contribution in [0.3, 0.4) is 0 Å². The van der Waals surface area contributed by atoms with E-state index < -0.39 is 0 Å². The molecule has 0 unspecified atom stereocenters. The summed E-state index contributed by atoms with van der Waals surface area (Å²) in [6.07, 6.45) is 2.08. The molecular weight excluding hydrogens is 242 g/mol. The smallest absolute Gasteiger partial charge is 0.225 e. The van der Waals surface area contributed by atoms with Gasteiger partial charge in [0.2, 0.25) is 11.8 Å². The fourth-order valence-electron chi connectivity index (χ4n) is 2.19. The first kappa shape index (κ1) is 13.5. The average molecular weight is 261 g/mol. The fraction of sp³-hybridized carbons (Fsp3) is 0.500. The van der Waals surface area contributed by atoms with Gasteiger partial charge in [-0.2, -0.15) is 0 Å². The molecule has 1 fully saturated rings. The quantitative estimate of drug-likeness (QED) is 0.875. The summed E-state index contributed by atoms with van der Waals surface area (Å²) < 4.78 is 0. The monoisotopic (exact) mass is 261 g/mol. The third kappa shape index (κ3) is 3.30. The molecule has 1 atom stereocenters. The Morgan fingerprint density at radius 2 is 2.32 bits per heavy atom. The van der Waals surface area contributed by atoms with Crippen LogP contribution in [0, 0.1) is 12.8 Å². The molecule has 1 aliphatic heterocycles. The Morgan fingerprint density at radius 3 is 2.89 bits per heavy atom. The van der Waals surface area contributed by atoms with E-state index in [1.54, 1.807) is 11.1 Å². The summed E-state index contributed by atoms with van der Waals surface area (Å²) >= 11 is 0. The molecule has 2 heterocycles. The van der Waals surface area contributed by atoms with Gasteiger partial charge in [0.05, 0.1) is 5.92 Å². The number of hydrogen-bond donors (Lipinski definition) is 1. The number of aromatic nitrogens is 1. The summed E-state index contributed by atoms with van der Waals surface area (Å²) in [5.74, 6) is -0.199. The predicted octanol–water partition coefficient (Wildman–Crippen LogP) is 0.875. The molecule has 0 saturated carbocycles. The lowest BCUT2D eigenvalue weighted by Crippen LogP contribution is -2.32. The lowest BCUT2D eigenvalue weighted by Gasteiger charge is -2.13. The number of pyridine rings is 1. The lowest BCUT2D eigenvalue weighted by atomic mass is 10.1. The maximum atomic E-state index is 12.0. The second kappa shape index (κ2) is 5.82. The summed E-state index contributed by atoms with van der Waals surface area (Å²) in [6.45, 7) is 5.52. The molecule has 1 aliphatic rings. The zero-order valence-electron chi connectivity index (χ0n) is 11.3. The zero-order valence-corrected chi connectivity index (χ0v) is 11.3. The van der Waals surface area contributed by atoms with E-state index in [1.807, 2.05) is 26.0 Å². The number of carbonyl (C=O) groups excluding carboxylic acids is 2. The van der Waals surface area contributed by atoms with Crippen molar-refractivity contribution in [2.24, 2.45) is 5.92 Å². The first-order valence-electron chi connectivity index (χ1n) is 6.57. The summed E-state index contributed by atoms with van der Waals surface area (Å²) in [7, 11) is 0. The molecule has 1 aromatic rings. The van der Waals surface area contributed by atoms with Gasteiger partial charge >= 0.3 is 0 Å². The van der Waals surface area contributed by atoms with Gasteiger partial charge in [-0.05, 0) is 25.5 Å². The molecule has 0 radical (unpaired) electrons. The summed E-state index contributed by atoms with van der Waals surface area (Å²) in [5, 5.41) is 2.87. The van der Waals surface area contributed by atoms with Gasteiger partial charge in [-0.1, -0.05) is 6.07 Å². The Hall–Kier alpha value is -1.91. The molecular formula is C14H19N3O2. The normalized spacial score (nSPS) is 18.7. The average Bonchev–Trinajstić information content (AvgIpc) is 2.79. The minimum absolute atomic E-state index is 0.0510. The SMILES string of the molecule is CCN1C[C@@H](C(=O)NCc2ccc(C)nc2)CC1=O. The highest BCUT2D eigenvalue weighted by molar-refractivity contribution is 5.89. The Labute approximate surface area is 113 Å². The highest BCUT2D eigenvalue weighted by Gasteiger charge is 2.33. The van der Waals surface area contributed by atoms with Crippen molar-refractivity contribution in [3.8, 4) is 0 Å². The van der Waals surface area contributed by atoms with E-state index in [2.05, 4.69) is 10.3 Å². The molecule has 2 rings (SSSR count). The van der Waals surface area contributed by atoms with Gasteiger partial charge in [0.25, 0.3) is 0 Å². The Kier molecular flexibility index (Phi) is 4.14. The first-order valence-corrected chi connectivity index (χ1v) is 6.57. The Bertz CT molecular complexity index is 470. The Balaban J connectivity index is 1.85. The van der Waals surface area contributed by atoms with E-state index in [1.165, 1.54) is 0 Å². The maximum Gasteiger partial charge on any atom is 0.225 e. The van der Waals surface area contributed by atoms with Gasteiger partial charge in [-0.25, -0.2) is 0 Å². The maximum absolute atomic E-state index is 12.0. The third-order valence-electron chi connectivity index (χ3n) is 3.41. The van der Waals surface area contributed by atoms with Crippen LogP contribution >= 0.6 is 0 Å². The zero-order chi connectivity index (χ0) is 13.8. The highest BCUT2D eigenvalue weighted by atomic mass is 16.2. The molecule has 1 saturated heterocycles. The molecule has 1 N–H and O–H groups in total. The highest BCUT2D eigenvalue weighted by Crippen LogP contribution is 2.17. The van der Waals surface area contributed by atoms with E-state index in [0.717, 1.165) is 11.3 Å². The van der Waals surface area contributed by atoms with Crippen molar-refractivity contribution in [2.75, 3.05) is 13.1 Å². The van der Waals surface area contributed by atoms with Crippen molar-refractivity contribution in [2.45, 2.75) is 26.8 Å². The number of hydrogen-bond acceptors (Lipinski definition) is 3. The first-order chi connectivity index (χ1) is 9.10.